The van der Waals surface area contributed by atoms with Crippen molar-refractivity contribution in [2.75, 3.05) is 25.0 Å². The quantitative estimate of drug-likeness (QED) is 0.477. The third-order valence-electron chi connectivity index (χ3n) is 4.61. The third kappa shape index (κ3) is 7.70. The van der Waals surface area contributed by atoms with Gasteiger partial charge in [-0.15, -0.1) is 0 Å². The lowest BCUT2D eigenvalue weighted by Crippen LogP contribution is -2.31. The van der Waals surface area contributed by atoms with Gasteiger partial charge in [0, 0.05) is 12.2 Å². The molecule has 0 aliphatic carbocycles. The van der Waals surface area contributed by atoms with E-state index in [2.05, 4.69) is 47.0 Å². The van der Waals surface area contributed by atoms with Crippen molar-refractivity contribution in [1.82, 2.24) is 5.32 Å². The van der Waals surface area contributed by atoms with Crippen LogP contribution in [0.5, 0.6) is 5.75 Å². The fraction of sp³-hybridized carbons (Fsp3) is 0.240. The Morgan fingerprint density at radius 2 is 1.38 bits per heavy atom. The van der Waals surface area contributed by atoms with Crippen LogP contribution in [-0.4, -0.2) is 25.6 Å². The molecule has 2 N–H and O–H groups in total. The van der Waals surface area contributed by atoms with Gasteiger partial charge in [-0.25, -0.2) is 0 Å². The molecule has 3 aromatic rings. The Morgan fingerprint density at radius 3 is 2.03 bits per heavy atom. The van der Waals surface area contributed by atoms with Crippen LogP contribution in [0.2, 0.25) is 0 Å². The van der Waals surface area contributed by atoms with Gasteiger partial charge in [0.25, 0.3) is 0 Å². The first kappa shape index (κ1) is 20.5. The van der Waals surface area contributed by atoms with Crippen LogP contribution in [0.25, 0.3) is 0 Å². The Morgan fingerprint density at radius 1 is 0.759 bits per heavy atom. The van der Waals surface area contributed by atoms with E-state index in [0.717, 1.165) is 30.7 Å². The third-order valence-corrected chi connectivity index (χ3v) is 4.61. The molecule has 0 fully saturated rings. The van der Waals surface area contributed by atoms with Gasteiger partial charge in [0.15, 0.2) is 0 Å². The van der Waals surface area contributed by atoms with Crippen LogP contribution >= 0.6 is 0 Å². The fourth-order valence-corrected chi connectivity index (χ4v) is 3.02. The van der Waals surface area contributed by atoms with Crippen LogP contribution in [0.4, 0.5) is 5.69 Å². The first-order chi connectivity index (χ1) is 14.3. The molecule has 0 saturated carbocycles. The molecule has 0 aliphatic heterocycles. The maximum absolute atomic E-state index is 12.0. The molecule has 0 heterocycles. The van der Waals surface area contributed by atoms with Crippen molar-refractivity contribution in [3.63, 3.8) is 0 Å². The number of carbonyl (C=O) groups is 1. The summed E-state index contributed by atoms with van der Waals surface area (Å²) in [5.74, 6) is 0.832. The van der Waals surface area contributed by atoms with Gasteiger partial charge in [-0.2, -0.15) is 0 Å². The van der Waals surface area contributed by atoms with Gasteiger partial charge >= 0.3 is 0 Å². The first-order valence-corrected chi connectivity index (χ1v) is 10.1. The van der Waals surface area contributed by atoms with Crippen LogP contribution in [0.15, 0.2) is 84.9 Å². The predicted octanol–water partition coefficient (Wildman–Crippen LogP) is 4.47. The number of amides is 1. The maximum Gasteiger partial charge on any atom is 0.239 e. The smallest absolute Gasteiger partial charge is 0.239 e. The summed E-state index contributed by atoms with van der Waals surface area (Å²) in [7, 11) is 0. The number of carbonyl (C=O) groups excluding carboxylic acids is 1. The number of nitrogens with one attached hydrogen (secondary N) is 2. The van der Waals surface area contributed by atoms with Crippen molar-refractivity contribution in [2.24, 2.45) is 0 Å². The Labute approximate surface area is 172 Å². The predicted molar refractivity (Wildman–Crippen MR) is 118 cm³/mol. The zero-order valence-corrected chi connectivity index (χ0v) is 16.6. The standard InChI is InChI=1S/C25H28N2O2/c28-25(26-18-17-22-10-5-2-6-11-22)20-27-23-13-15-24(16-14-23)29-19-7-12-21-8-3-1-4-9-21/h1-6,8-11,13-16,27H,7,12,17-20H2,(H,26,28). The lowest BCUT2D eigenvalue weighted by Gasteiger charge is -2.10. The minimum absolute atomic E-state index is 0.0119. The first-order valence-electron chi connectivity index (χ1n) is 10.1. The van der Waals surface area contributed by atoms with Crippen molar-refractivity contribution in [1.29, 1.82) is 0 Å². The lowest BCUT2D eigenvalue weighted by atomic mass is 10.1. The number of aryl methyl sites for hydroxylation is 1. The molecule has 150 valence electrons. The number of anilines is 1. The summed E-state index contributed by atoms with van der Waals surface area (Å²) in [5.41, 5.74) is 3.46. The van der Waals surface area contributed by atoms with Crippen LogP contribution < -0.4 is 15.4 Å². The van der Waals surface area contributed by atoms with Crippen molar-refractivity contribution < 1.29 is 9.53 Å². The molecule has 3 aromatic carbocycles. The average molecular weight is 389 g/mol. The van der Waals surface area contributed by atoms with Crippen LogP contribution in [0.1, 0.15) is 17.5 Å². The van der Waals surface area contributed by atoms with Crippen molar-refractivity contribution in [3.8, 4) is 5.75 Å². The minimum Gasteiger partial charge on any atom is -0.494 e. The number of rotatable bonds is 11. The molecule has 0 aromatic heterocycles. The molecule has 29 heavy (non-hydrogen) atoms. The Kier molecular flexibility index (Phi) is 8.15. The van der Waals surface area contributed by atoms with E-state index >= 15 is 0 Å². The van der Waals surface area contributed by atoms with E-state index in [1.165, 1.54) is 11.1 Å². The maximum atomic E-state index is 12.0. The summed E-state index contributed by atoms with van der Waals surface area (Å²) in [6.07, 6.45) is 2.83. The van der Waals surface area contributed by atoms with E-state index in [1.54, 1.807) is 0 Å². The Hall–Kier alpha value is -3.27. The molecule has 0 atom stereocenters. The molecule has 0 unspecified atom stereocenters. The highest BCUT2D eigenvalue weighted by Crippen LogP contribution is 2.16. The Bertz CT molecular complexity index is 849. The normalized spacial score (nSPS) is 10.3. The van der Waals surface area contributed by atoms with E-state index in [4.69, 9.17) is 4.74 Å². The van der Waals surface area contributed by atoms with Gasteiger partial charge in [-0.1, -0.05) is 60.7 Å². The lowest BCUT2D eigenvalue weighted by molar-refractivity contribution is -0.119. The molecule has 0 bridgehead atoms. The van der Waals surface area contributed by atoms with Gasteiger partial charge in [0.2, 0.25) is 5.91 Å². The summed E-state index contributed by atoms with van der Waals surface area (Å²) in [6, 6.07) is 28.3. The van der Waals surface area contributed by atoms with Crippen molar-refractivity contribution in [2.45, 2.75) is 19.3 Å². The zero-order valence-electron chi connectivity index (χ0n) is 16.6. The van der Waals surface area contributed by atoms with E-state index < -0.39 is 0 Å². The topological polar surface area (TPSA) is 50.4 Å². The van der Waals surface area contributed by atoms with Crippen molar-refractivity contribution in [3.05, 3.63) is 96.1 Å². The van der Waals surface area contributed by atoms with Crippen LogP contribution in [0.3, 0.4) is 0 Å². The van der Waals surface area contributed by atoms with Crippen LogP contribution in [-0.2, 0) is 17.6 Å². The Balaban J connectivity index is 1.30. The highest BCUT2D eigenvalue weighted by Gasteiger charge is 2.02. The molecule has 0 spiro atoms. The molecule has 4 nitrogen and oxygen atoms in total. The molecule has 0 radical (unpaired) electrons. The fourth-order valence-electron chi connectivity index (χ4n) is 3.02. The SMILES string of the molecule is O=C(CNc1ccc(OCCCc2ccccc2)cc1)NCCc1ccccc1. The zero-order chi connectivity index (χ0) is 20.2. The second-order valence-electron chi connectivity index (χ2n) is 6.90. The molecular formula is C25H28N2O2. The summed E-state index contributed by atoms with van der Waals surface area (Å²) in [4.78, 5) is 12.0. The van der Waals surface area contributed by atoms with Gasteiger partial charge in [-0.05, 0) is 54.7 Å². The van der Waals surface area contributed by atoms with E-state index in [0.29, 0.717) is 13.2 Å². The van der Waals surface area contributed by atoms with Gasteiger partial charge in [0.05, 0.1) is 13.2 Å². The summed E-state index contributed by atoms with van der Waals surface area (Å²) < 4.78 is 5.80. The molecular weight excluding hydrogens is 360 g/mol. The summed E-state index contributed by atoms with van der Waals surface area (Å²) in [5, 5.41) is 6.08. The minimum atomic E-state index is -0.0119. The summed E-state index contributed by atoms with van der Waals surface area (Å²) in [6.45, 7) is 1.58. The van der Waals surface area contributed by atoms with Gasteiger partial charge in [-0.3, -0.25) is 4.79 Å². The molecule has 1 amide bonds. The highest BCUT2D eigenvalue weighted by atomic mass is 16.5. The van der Waals surface area contributed by atoms with Crippen LogP contribution in [0, 0.1) is 0 Å². The van der Waals surface area contributed by atoms with Gasteiger partial charge < -0.3 is 15.4 Å². The number of hydrogen-bond donors (Lipinski definition) is 2. The second kappa shape index (κ2) is 11.5. The van der Waals surface area contributed by atoms with Crippen molar-refractivity contribution >= 4 is 11.6 Å². The molecule has 0 saturated heterocycles. The molecule has 0 aliphatic rings. The van der Waals surface area contributed by atoms with E-state index in [9.17, 15) is 4.79 Å². The van der Waals surface area contributed by atoms with E-state index in [-0.39, 0.29) is 12.5 Å². The monoisotopic (exact) mass is 388 g/mol. The number of ether oxygens (including phenoxy) is 1. The largest absolute Gasteiger partial charge is 0.494 e. The van der Waals surface area contributed by atoms with E-state index in [1.807, 2.05) is 48.5 Å². The number of benzene rings is 3. The average Bonchev–Trinajstić information content (AvgIpc) is 2.77. The second-order valence-corrected chi connectivity index (χ2v) is 6.90. The molecule has 4 heteroatoms. The highest BCUT2D eigenvalue weighted by molar-refractivity contribution is 5.80. The summed E-state index contributed by atoms with van der Waals surface area (Å²) >= 11 is 0. The van der Waals surface area contributed by atoms with Gasteiger partial charge in [0.1, 0.15) is 5.75 Å². The number of hydrogen-bond acceptors (Lipinski definition) is 3. The molecule has 3 rings (SSSR count).